The second-order valence-corrected chi connectivity index (χ2v) is 8.98. The summed E-state index contributed by atoms with van der Waals surface area (Å²) in [5.41, 5.74) is 8.35. The molecule has 0 heterocycles. The molecular formula is C36H30N2O. The fraction of sp³-hybridized carbons (Fsp3) is 0. The molecule has 0 bridgehead atoms. The lowest BCUT2D eigenvalue weighted by Gasteiger charge is -2.26. The number of nitrogens with zero attached hydrogens (tertiary/aromatic N) is 2. The summed E-state index contributed by atoms with van der Waals surface area (Å²) in [6.07, 6.45) is 5.46. The Morgan fingerprint density at radius 3 is 1.36 bits per heavy atom. The molecule has 3 nitrogen and oxygen atoms in total. The van der Waals surface area contributed by atoms with E-state index in [9.17, 15) is 5.11 Å². The molecule has 0 atom stereocenters. The van der Waals surface area contributed by atoms with E-state index in [2.05, 4.69) is 120 Å². The van der Waals surface area contributed by atoms with E-state index in [1.54, 1.807) is 24.3 Å². The van der Waals surface area contributed by atoms with Crippen molar-refractivity contribution in [2.45, 2.75) is 0 Å². The number of phenols is 1. The number of benzene rings is 5. The second kappa shape index (κ2) is 11.8. The fourth-order valence-electron chi connectivity index (χ4n) is 4.61. The van der Waals surface area contributed by atoms with Crippen molar-refractivity contribution in [1.29, 1.82) is 0 Å². The van der Waals surface area contributed by atoms with Gasteiger partial charge < -0.3 is 14.9 Å². The Hall–Kier alpha value is -5.28. The van der Waals surface area contributed by atoms with E-state index in [1.807, 2.05) is 30.3 Å². The van der Waals surface area contributed by atoms with Gasteiger partial charge >= 0.3 is 0 Å². The molecular weight excluding hydrogens is 476 g/mol. The molecule has 0 aromatic heterocycles. The van der Waals surface area contributed by atoms with Crippen LogP contribution in [0.5, 0.6) is 5.75 Å². The van der Waals surface area contributed by atoms with Crippen molar-refractivity contribution in [2.75, 3.05) is 9.80 Å². The van der Waals surface area contributed by atoms with Crippen LogP contribution in [0.3, 0.4) is 0 Å². The molecule has 190 valence electrons. The minimum atomic E-state index is 0.225. The summed E-state index contributed by atoms with van der Waals surface area (Å²) in [5.74, 6) is 0.225. The number of allylic oxidation sites excluding steroid dienone is 3. The smallest absolute Gasteiger partial charge is 0.115 e. The van der Waals surface area contributed by atoms with Gasteiger partial charge in [-0.25, -0.2) is 0 Å². The number of anilines is 5. The summed E-state index contributed by atoms with van der Waals surface area (Å²) in [4.78, 5) is 4.34. The highest BCUT2D eigenvalue weighted by Gasteiger charge is 2.14. The van der Waals surface area contributed by atoms with Crippen molar-refractivity contribution in [3.63, 3.8) is 0 Å². The Morgan fingerprint density at radius 2 is 0.923 bits per heavy atom. The lowest BCUT2D eigenvalue weighted by atomic mass is 10.0. The first-order valence-electron chi connectivity index (χ1n) is 12.8. The lowest BCUT2D eigenvalue weighted by molar-refractivity contribution is 0.475. The monoisotopic (exact) mass is 506 g/mol. The van der Waals surface area contributed by atoms with Crippen molar-refractivity contribution in [2.24, 2.45) is 0 Å². The Balaban J connectivity index is 1.46. The zero-order chi connectivity index (χ0) is 27.0. The number of rotatable bonds is 9. The van der Waals surface area contributed by atoms with Crippen molar-refractivity contribution in [1.82, 2.24) is 0 Å². The SMILES string of the molecule is C=C/C=C(\C=C)N(c1ccc(O)cc1)c1ccc(-c2ccc(N(c3ccccc3)c3ccccc3)cc2)cc1. The van der Waals surface area contributed by atoms with Crippen LogP contribution in [-0.4, -0.2) is 5.11 Å². The minimum absolute atomic E-state index is 0.225. The van der Waals surface area contributed by atoms with Gasteiger partial charge in [0.1, 0.15) is 5.75 Å². The van der Waals surface area contributed by atoms with Gasteiger partial charge in [0.15, 0.2) is 0 Å². The zero-order valence-corrected chi connectivity index (χ0v) is 21.7. The Kier molecular flexibility index (Phi) is 7.71. The Bertz CT molecular complexity index is 1510. The standard InChI is InChI=1S/C36H30N2O/c1-3-11-30(4-2)37(35-24-26-36(39)27-25-35)33-20-16-28(17-21-33)29-18-22-34(23-19-29)38(31-12-7-5-8-13-31)32-14-9-6-10-15-32/h3-27,39H,1-2H2/b30-11+. The van der Waals surface area contributed by atoms with Crippen LogP contribution >= 0.6 is 0 Å². The summed E-state index contributed by atoms with van der Waals surface area (Å²) in [7, 11) is 0. The quantitative estimate of drug-likeness (QED) is 0.202. The van der Waals surface area contributed by atoms with Crippen LogP contribution in [0.4, 0.5) is 28.4 Å². The van der Waals surface area contributed by atoms with Crippen LogP contribution in [0.25, 0.3) is 11.1 Å². The average Bonchev–Trinajstić information content (AvgIpc) is 3.00. The molecule has 0 saturated heterocycles. The molecule has 39 heavy (non-hydrogen) atoms. The number of hydrogen-bond donors (Lipinski definition) is 1. The predicted molar refractivity (Wildman–Crippen MR) is 165 cm³/mol. The van der Waals surface area contributed by atoms with E-state index < -0.39 is 0 Å². The third kappa shape index (κ3) is 5.68. The first-order valence-corrected chi connectivity index (χ1v) is 12.8. The van der Waals surface area contributed by atoms with Gasteiger partial charge in [-0.15, -0.1) is 0 Å². The summed E-state index contributed by atoms with van der Waals surface area (Å²) in [5, 5.41) is 9.78. The third-order valence-electron chi connectivity index (χ3n) is 6.48. The van der Waals surface area contributed by atoms with Crippen LogP contribution < -0.4 is 9.80 Å². The van der Waals surface area contributed by atoms with E-state index in [-0.39, 0.29) is 5.75 Å². The first-order chi connectivity index (χ1) is 19.2. The zero-order valence-electron chi connectivity index (χ0n) is 21.7. The topological polar surface area (TPSA) is 26.7 Å². The number of hydrogen-bond acceptors (Lipinski definition) is 3. The number of aromatic hydroxyl groups is 1. The highest BCUT2D eigenvalue weighted by Crippen LogP contribution is 2.36. The molecule has 3 heteroatoms. The summed E-state index contributed by atoms with van der Waals surface area (Å²) >= 11 is 0. The van der Waals surface area contributed by atoms with Crippen LogP contribution in [-0.2, 0) is 0 Å². The van der Waals surface area contributed by atoms with Crippen LogP contribution in [0.15, 0.2) is 171 Å². The average molecular weight is 507 g/mol. The minimum Gasteiger partial charge on any atom is -0.508 e. The Labute approximate surface area is 230 Å². The van der Waals surface area contributed by atoms with Gasteiger partial charge in [-0.05, 0) is 96.1 Å². The molecule has 0 fully saturated rings. The molecule has 0 spiro atoms. The normalized spacial score (nSPS) is 11.0. The maximum absolute atomic E-state index is 9.78. The third-order valence-corrected chi connectivity index (χ3v) is 6.48. The highest BCUT2D eigenvalue weighted by atomic mass is 16.3. The molecule has 0 aliphatic heterocycles. The van der Waals surface area contributed by atoms with Crippen molar-refractivity contribution in [3.8, 4) is 16.9 Å². The summed E-state index contributed by atoms with van der Waals surface area (Å²) in [6.45, 7) is 7.84. The first kappa shape index (κ1) is 25.4. The summed E-state index contributed by atoms with van der Waals surface area (Å²) < 4.78 is 0. The lowest BCUT2D eigenvalue weighted by Crippen LogP contribution is -2.14. The van der Waals surface area contributed by atoms with E-state index in [0.717, 1.165) is 45.3 Å². The van der Waals surface area contributed by atoms with Gasteiger partial charge in [0.2, 0.25) is 0 Å². The fourth-order valence-corrected chi connectivity index (χ4v) is 4.61. The van der Waals surface area contributed by atoms with E-state index in [4.69, 9.17) is 0 Å². The largest absolute Gasteiger partial charge is 0.508 e. The van der Waals surface area contributed by atoms with E-state index in [0.29, 0.717) is 0 Å². The molecule has 0 aliphatic rings. The predicted octanol–water partition coefficient (Wildman–Crippen LogP) is 9.92. The molecule has 5 aromatic rings. The molecule has 0 radical (unpaired) electrons. The Morgan fingerprint density at radius 1 is 0.513 bits per heavy atom. The molecule has 0 aliphatic carbocycles. The second-order valence-electron chi connectivity index (χ2n) is 8.98. The highest BCUT2D eigenvalue weighted by molar-refractivity contribution is 5.79. The van der Waals surface area contributed by atoms with Crippen LogP contribution in [0.1, 0.15) is 0 Å². The van der Waals surface area contributed by atoms with E-state index in [1.165, 1.54) is 0 Å². The molecule has 0 saturated carbocycles. The van der Waals surface area contributed by atoms with Gasteiger partial charge in [0.05, 0.1) is 0 Å². The maximum Gasteiger partial charge on any atom is 0.115 e. The van der Waals surface area contributed by atoms with Crippen LogP contribution in [0.2, 0.25) is 0 Å². The van der Waals surface area contributed by atoms with Gasteiger partial charge in [-0.3, -0.25) is 0 Å². The van der Waals surface area contributed by atoms with E-state index >= 15 is 0 Å². The van der Waals surface area contributed by atoms with Crippen LogP contribution in [0, 0.1) is 0 Å². The number of phenolic OH excluding ortho intramolecular Hbond substituents is 1. The van der Waals surface area contributed by atoms with Gasteiger partial charge in [0.25, 0.3) is 0 Å². The molecule has 5 aromatic carbocycles. The number of para-hydroxylation sites is 2. The molecule has 0 unspecified atom stereocenters. The van der Waals surface area contributed by atoms with Crippen molar-refractivity contribution >= 4 is 28.4 Å². The molecule has 1 N–H and O–H groups in total. The van der Waals surface area contributed by atoms with Gasteiger partial charge in [-0.2, -0.15) is 0 Å². The van der Waals surface area contributed by atoms with Gasteiger partial charge in [-0.1, -0.05) is 79.9 Å². The van der Waals surface area contributed by atoms with Crippen molar-refractivity contribution < 1.29 is 5.11 Å². The summed E-state index contributed by atoms with van der Waals surface area (Å²) in [6, 6.07) is 45.0. The maximum atomic E-state index is 9.78. The molecule has 0 amide bonds. The molecule has 5 rings (SSSR count). The van der Waals surface area contributed by atoms with Crippen molar-refractivity contribution in [3.05, 3.63) is 171 Å². The van der Waals surface area contributed by atoms with Gasteiger partial charge in [0, 0.05) is 34.1 Å².